The zero-order valence-electron chi connectivity index (χ0n) is 13.1. The molecule has 0 radical (unpaired) electrons. The van der Waals surface area contributed by atoms with Crippen molar-refractivity contribution in [2.75, 3.05) is 37.7 Å². The van der Waals surface area contributed by atoms with Gasteiger partial charge in [0.2, 0.25) is 11.8 Å². The van der Waals surface area contributed by atoms with Crippen LogP contribution in [0.2, 0.25) is 0 Å². The van der Waals surface area contributed by atoms with E-state index in [1.807, 2.05) is 0 Å². The minimum atomic E-state index is -1.31. The van der Waals surface area contributed by atoms with Crippen molar-refractivity contribution in [3.63, 3.8) is 0 Å². The number of hydrogen-bond donors (Lipinski definition) is 5. The van der Waals surface area contributed by atoms with Crippen molar-refractivity contribution in [3.8, 4) is 0 Å². The van der Waals surface area contributed by atoms with Crippen molar-refractivity contribution < 1.29 is 19.8 Å². The third-order valence-corrected chi connectivity index (χ3v) is 5.28. The summed E-state index contributed by atoms with van der Waals surface area (Å²) in [6.45, 7) is 4.23. The van der Waals surface area contributed by atoms with E-state index in [1.54, 1.807) is 35.4 Å². The van der Waals surface area contributed by atoms with Crippen LogP contribution in [0.3, 0.4) is 0 Å². The van der Waals surface area contributed by atoms with Crippen LogP contribution >= 0.6 is 21.6 Å². The van der Waals surface area contributed by atoms with E-state index in [0.29, 0.717) is 13.1 Å². The van der Waals surface area contributed by atoms with Gasteiger partial charge in [0.05, 0.1) is 6.61 Å². The Morgan fingerprint density at radius 2 is 1.82 bits per heavy atom. The van der Waals surface area contributed by atoms with Gasteiger partial charge in [0.15, 0.2) is 0 Å². The molecule has 0 bridgehead atoms. The molecule has 1 unspecified atom stereocenters. The first-order valence-corrected chi connectivity index (χ1v) is 9.61. The molecule has 0 saturated carbocycles. The van der Waals surface area contributed by atoms with Crippen LogP contribution in [0.15, 0.2) is 0 Å². The molecule has 0 saturated heterocycles. The molecular weight excluding hydrogens is 326 g/mol. The van der Waals surface area contributed by atoms with Crippen molar-refractivity contribution in [2.24, 2.45) is 11.1 Å². The Kier molecular flexibility index (Phi) is 11.7. The van der Waals surface area contributed by atoms with Crippen LogP contribution in [0.1, 0.15) is 20.3 Å². The highest BCUT2D eigenvalue weighted by molar-refractivity contribution is 8.76. The number of nitrogens with two attached hydrogens (primary N) is 1. The molecule has 0 spiro atoms. The maximum Gasteiger partial charge on any atom is 0.249 e. The van der Waals surface area contributed by atoms with E-state index in [4.69, 9.17) is 10.8 Å². The first-order valence-electron chi connectivity index (χ1n) is 7.13. The van der Waals surface area contributed by atoms with E-state index >= 15 is 0 Å². The van der Waals surface area contributed by atoms with Crippen LogP contribution in [-0.2, 0) is 9.59 Å². The number of rotatable bonds is 12. The summed E-state index contributed by atoms with van der Waals surface area (Å²) in [6.07, 6.45) is -1.16. The van der Waals surface area contributed by atoms with Crippen LogP contribution < -0.4 is 16.4 Å². The Morgan fingerprint density at radius 3 is 2.41 bits per heavy atom. The van der Waals surface area contributed by atoms with Gasteiger partial charge in [0, 0.05) is 43.0 Å². The third kappa shape index (κ3) is 9.52. The normalized spacial score (nSPS) is 12.8. The predicted molar refractivity (Wildman–Crippen MR) is 91.5 cm³/mol. The van der Waals surface area contributed by atoms with Gasteiger partial charge >= 0.3 is 0 Å². The molecule has 0 aliphatic carbocycles. The van der Waals surface area contributed by atoms with Crippen LogP contribution in [0.4, 0.5) is 0 Å². The number of hydrogen-bond acceptors (Lipinski definition) is 7. The summed E-state index contributed by atoms with van der Waals surface area (Å²) in [7, 11) is 3.32. The van der Waals surface area contributed by atoms with Crippen molar-refractivity contribution in [3.05, 3.63) is 0 Å². The summed E-state index contributed by atoms with van der Waals surface area (Å²) < 4.78 is 0. The molecule has 0 aromatic rings. The molecule has 0 aromatic heterocycles. The Bertz CT molecular complexity index is 343. The standard InChI is InChI=1S/C13H27N3O4S2/c1-13(2,9-17)11(19)12(20)16-5-3-10(18)15-6-8-22-21-7-4-14/h11,17,19H,3-9,14H2,1-2H3,(H,15,18)(H,16,20). The zero-order valence-corrected chi connectivity index (χ0v) is 14.8. The molecule has 0 fully saturated rings. The van der Waals surface area contributed by atoms with Gasteiger partial charge in [-0.1, -0.05) is 35.4 Å². The van der Waals surface area contributed by atoms with Gasteiger partial charge in [0.1, 0.15) is 6.10 Å². The van der Waals surface area contributed by atoms with Crippen LogP contribution in [0, 0.1) is 5.41 Å². The predicted octanol–water partition coefficient (Wildman–Crippen LogP) is -0.672. The molecule has 22 heavy (non-hydrogen) atoms. The average Bonchev–Trinajstić information content (AvgIpc) is 2.49. The van der Waals surface area contributed by atoms with E-state index in [1.165, 1.54) is 0 Å². The monoisotopic (exact) mass is 353 g/mol. The molecule has 0 aliphatic rings. The lowest BCUT2D eigenvalue weighted by atomic mass is 9.87. The first kappa shape index (κ1) is 21.5. The van der Waals surface area contributed by atoms with Crippen LogP contribution in [0.5, 0.6) is 0 Å². The Balaban J connectivity index is 3.73. The van der Waals surface area contributed by atoms with Gasteiger partial charge in [-0.3, -0.25) is 9.59 Å². The van der Waals surface area contributed by atoms with Gasteiger partial charge in [-0.2, -0.15) is 0 Å². The van der Waals surface area contributed by atoms with Gasteiger partial charge in [-0.15, -0.1) is 0 Å². The molecule has 0 aliphatic heterocycles. The van der Waals surface area contributed by atoms with Crippen molar-refractivity contribution >= 4 is 33.4 Å². The summed E-state index contributed by atoms with van der Waals surface area (Å²) in [6, 6.07) is 0. The molecule has 2 amide bonds. The number of nitrogens with one attached hydrogen (secondary N) is 2. The number of aliphatic hydroxyl groups is 2. The summed E-state index contributed by atoms with van der Waals surface area (Å²) in [4.78, 5) is 23.2. The lowest BCUT2D eigenvalue weighted by molar-refractivity contribution is -0.137. The molecule has 1 atom stereocenters. The van der Waals surface area contributed by atoms with Crippen LogP contribution in [0.25, 0.3) is 0 Å². The van der Waals surface area contributed by atoms with Gasteiger partial charge in [0.25, 0.3) is 0 Å². The van der Waals surface area contributed by atoms with Gasteiger partial charge in [-0.05, 0) is 0 Å². The highest BCUT2D eigenvalue weighted by Gasteiger charge is 2.32. The molecule has 130 valence electrons. The van der Waals surface area contributed by atoms with Crippen molar-refractivity contribution in [2.45, 2.75) is 26.4 Å². The second-order valence-electron chi connectivity index (χ2n) is 5.37. The first-order chi connectivity index (χ1) is 10.3. The van der Waals surface area contributed by atoms with Gasteiger partial charge in [-0.25, -0.2) is 0 Å². The van der Waals surface area contributed by atoms with E-state index in [2.05, 4.69) is 10.6 Å². The third-order valence-electron chi connectivity index (χ3n) is 2.84. The highest BCUT2D eigenvalue weighted by Crippen LogP contribution is 2.19. The number of amides is 2. The minimum Gasteiger partial charge on any atom is -0.396 e. The molecule has 9 heteroatoms. The lowest BCUT2D eigenvalue weighted by Gasteiger charge is -2.27. The highest BCUT2D eigenvalue weighted by atomic mass is 33.1. The Labute approximate surface area is 139 Å². The maximum atomic E-state index is 11.7. The van der Waals surface area contributed by atoms with E-state index in [0.717, 1.165) is 11.5 Å². The number of aliphatic hydroxyl groups excluding tert-OH is 2. The second-order valence-corrected chi connectivity index (χ2v) is 8.07. The SMILES string of the molecule is CC(C)(CO)C(O)C(=O)NCCC(=O)NCCSSCCN. The van der Waals surface area contributed by atoms with E-state index < -0.39 is 17.4 Å². The molecule has 0 heterocycles. The number of carbonyl (C=O) groups is 2. The maximum absolute atomic E-state index is 11.7. The van der Waals surface area contributed by atoms with E-state index in [-0.39, 0.29) is 25.5 Å². The lowest BCUT2D eigenvalue weighted by Crippen LogP contribution is -2.46. The second kappa shape index (κ2) is 12.0. The summed E-state index contributed by atoms with van der Waals surface area (Å²) in [5, 5.41) is 24.1. The fourth-order valence-electron chi connectivity index (χ4n) is 1.32. The van der Waals surface area contributed by atoms with Crippen molar-refractivity contribution in [1.29, 1.82) is 0 Å². The summed E-state index contributed by atoms with van der Waals surface area (Å²) >= 11 is 0. The summed E-state index contributed by atoms with van der Waals surface area (Å²) in [5.41, 5.74) is 4.45. The molecule has 7 nitrogen and oxygen atoms in total. The fraction of sp³-hybridized carbons (Fsp3) is 0.846. The zero-order chi connectivity index (χ0) is 17.0. The van der Waals surface area contributed by atoms with Gasteiger partial charge < -0.3 is 26.6 Å². The van der Waals surface area contributed by atoms with Crippen molar-refractivity contribution in [1.82, 2.24) is 10.6 Å². The fourth-order valence-corrected chi connectivity index (χ4v) is 3.09. The largest absolute Gasteiger partial charge is 0.396 e. The topological polar surface area (TPSA) is 125 Å². The molecule has 0 aromatic carbocycles. The molecule has 0 rings (SSSR count). The Hall–Kier alpha value is -0.480. The van der Waals surface area contributed by atoms with E-state index in [9.17, 15) is 14.7 Å². The van der Waals surface area contributed by atoms with Crippen LogP contribution in [-0.4, -0.2) is 65.9 Å². The Morgan fingerprint density at radius 1 is 1.18 bits per heavy atom. The quantitative estimate of drug-likeness (QED) is 0.233. The summed E-state index contributed by atoms with van der Waals surface area (Å²) in [5.74, 6) is 0.949. The average molecular weight is 354 g/mol. The molecular formula is C13H27N3O4S2. The smallest absolute Gasteiger partial charge is 0.249 e. The number of carbonyl (C=O) groups excluding carboxylic acids is 2. The minimum absolute atomic E-state index is 0.151. The molecule has 6 N–H and O–H groups in total.